The van der Waals surface area contributed by atoms with E-state index in [1.807, 2.05) is 0 Å². The van der Waals surface area contributed by atoms with Crippen LogP contribution in [0, 0.1) is 0 Å². The average Bonchev–Trinajstić information content (AvgIpc) is 2.88. The standard InChI is InChI=1S/C16H34N2O/c1-6-18(7-2)16(3,4)15(17-5)12-8-10-14-11-9-13-19-14/h14-15,17H,6-13H2,1-5H3. The van der Waals surface area contributed by atoms with Crippen LogP contribution in [0.2, 0.25) is 0 Å². The van der Waals surface area contributed by atoms with Gasteiger partial charge in [-0.15, -0.1) is 0 Å². The first kappa shape index (κ1) is 16.9. The SMILES string of the molecule is CCN(CC)C(C)(C)C(CCCC1CCCO1)NC. The molecule has 2 atom stereocenters. The summed E-state index contributed by atoms with van der Waals surface area (Å²) >= 11 is 0. The quantitative estimate of drug-likeness (QED) is 0.697. The highest BCUT2D eigenvalue weighted by Crippen LogP contribution is 2.24. The number of hydrogen-bond donors (Lipinski definition) is 1. The lowest BCUT2D eigenvalue weighted by Crippen LogP contribution is -2.56. The molecule has 1 fully saturated rings. The van der Waals surface area contributed by atoms with Gasteiger partial charge in [0.1, 0.15) is 0 Å². The Labute approximate surface area is 120 Å². The van der Waals surface area contributed by atoms with Gasteiger partial charge in [-0.25, -0.2) is 0 Å². The molecular weight excluding hydrogens is 236 g/mol. The molecule has 0 spiro atoms. The maximum atomic E-state index is 5.71. The van der Waals surface area contributed by atoms with Crippen molar-refractivity contribution >= 4 is 0 Å². The first-order chi connectivity index (χ1) is 9.06. The van der Waals surface area contributed by atoms with Gasteiger partial charge in [-0.05, 0) is 66.1 Å². The van der Waals surface area contributed by atoms with Crippen LogP contribution in [0.1, 0.15) is 59.8 Å². The Hall–Kier alpha value is -0.120. The highest BCUT2D eigenvalue weighted by molar-refractivity contribution is 4.92. The molecule has 0 aliphatic carbocycles. The molecule has 1 N–H and O–H groups in total. The van der Waals surface area contributed by atoms with Crippen molar-refractivity contribution in [1.29, 1.82) is 0 Å². The maximum Gasteiger partial charge on any atom is 0.0576 e. The summed E-state index contributed by atoms with van der Waals surface area (Å²) in [5.74, 6) is 0. The van der Waals surface area contributed by atoms with Crippen LogP contribution < -0.4 is 5.32 Å². The normalized spacial score (nSPS) is 22.1. The van der Waals surface area contributed by atoms with Crippen LogP contribution in [-0.4, -0.2) is 49.3 Å². The van der Waals surface area contributed by atoms with Crippen LogP contribution in [-0.2, 0) is 4.74 Å². The minimum Gasteiger partial charge on any atom is -0.378 e. The zero-order chi connectivity index (χ0) is 14.3. The van der Waals surface area contributed by atoms with E-state index in [1.54, 1.807) is 0 Å². The highest BCUT2D eigenvalue weighted by Gasteiger charge is 2.32. The molecular formula is C16H34N2O. The molecule has 114 valence electrons. The molecule has 1 heterocycles. The fraction of sp³-hybridized carbons (Fsp3) is 1.00. The predicted octanol–water partition coefficient (Wildman–Crippen LogP) is 3.04. The molecule has 1 rings (SSSR count). The van der Waals surface area contributed by atoms with Gasteiger partial charge in [0.05, 0.1) is 6.10 Å². The number of hydrogen-bond acceptors (Lipinski definition) is 3. The van der Waals surface area contributed by atoms with Crippen molar-refractivity contribution < 1.29 is 4.74 Å². The summed E-state index contributed by atoms with van der Waals surface area (Å²) in [4.78, 5) is 2.56. The summed E-state index contributed by atoms with van der Waals surface area (Å²) in [7, 11) is 2.10. The molecule has 0 bridgehead atoms. The van der Waals surface area contributed by atoms with Crippen molar-refractivity contribution in [3.8, 4) is 0 Å². The smallest absolute Gasteiger partial charge is 0.0576 e. The third kappa shape index (κ3) is 4.73. The summed E-state index contributed by atoms with van der Waals surface area (Å²) in [5.41, 5.74) is 0.217. The number of rotatable bonds is 9. The second-order valence-electron chi connectivity index (χ2n) is 6.23. The lowest BCUT2D eigenvalue weighted by Gasteiger charge is -2.43. The van der Waals surface area contributed by atoms with E-state index in [4.69, 9.17) is 4.74 Å². The second kappa shape index (κ2) is 8.23. The largest absolute Gasteiger partial charge is 0.378 e. The Bertz CT molecular complexity index is 233. The molecule has 2 unspecified atom stereocenters. The van der Waals surface area contributed by atoms with Crippen molar-refractivity contribution in [3.05, 3.63) is 0 Å². The van der Waals surface area contributed by atoms with Crippen molar-refractivity contribution in [3.63, 3.8) is 0 Å². The van der Waals surface area contributed by atoms with E-state index in [9.17, 15) is 0 Å². The molecule has 1 saturated heterocycles. The Morgan fingerprint density at radius 2 is 2.00 bits per heavy atom. The van der Waals surface area contributed by atoms with Crippen molar-refractivity contribution in [1.82, 2.24) is 10.2 Å². The molecule has 1 aliphatic rings. The average molecular weight is 270 g/mol. The van der Waals surface area contributed by atoms with E-state index in [0.717, 1.165) is 19.7 Å². The minimum absolute atomic E-state index is 0.217. The molecule has 0 aromatic rings. The predicted molar refractivity (Wildman–Crippen MR) is 82.7 cm³/mol. The van der Waals surface area contributed by atoms with Gasteiger partial charge in [-0.2, -0.15) is 0 Å². The molecule has 0 aromatic carbocycles. The fourth-order valence-electron chi connectivity index (χ4n) is 3.53. The molecule has 0 aromatic heterocycles. The topological polar surface area (TPSA) is 24.5 Å². The van der Waals surface area contributed by atoms with Gasteiger partial charge in [0.2, 0.25) is 0 Å². The summed E-state index contributed by atoms with van der Waals surface area (Å²) in [5, 5.41) is 3.53. The first-order valence-electron chi connectivity index (χ1n) is 8.10. The first-order valence-corrected chi connectivity index (χ1v) is 8.10. The van der Waals surface area contributed by atoms with E-state index in [2.05, 4.69) is 45.0 Å². The maximum absolute atomic E-state index is 5.71. The van der Waals surface area contributed by atoms with Crippen molar-refractivity contribution in [2.75, 3.05) is 26.7 Å². The Balaban J connectivity index is 2.41. The Kier molecular flexibility index (Phi) is 7.33. The van der Waals surface area contributed by atoms with Crippen LogP contribution in [0.5, 0.6) is 0 Å². The highest BCUT2D eigenvalue weighted by atomic mass is 16.5. The summed E-state index contributed by atoms with van der Waals surface area (Å²) in [6, 6.07) is 0.550. The van der Waals surface area contributed by atoms with E-state index < -0.39 is 0 Å². The molecule has 0 radical (unpaired) electrons. The lowest BCUT2D eigenvalue weighted by atomic mass is 9.88. The van der Waals surface area contributed by atoms with Crippen LogP contribution in [0.15, 0.2) is 0 Å². The van der Waals surface area contributed by atoms with Crippen LogP contribution in [0.3, 0.4) is 0 Å². The van der Waals surface area contributed by atoms with Crippen molar-refractivity contribution in [2.45, 2.75) is 77.5 Å². The lowest BCUT2D eigenvalue weighted by molar-refractivity contribution is 0.0796. The summed E-state index contributed by atoms with van der Waals surface area (Å²) in [6.07, 6.45) is 6.79. The molecule has 1 aliphatic heterocycles. The van der Waals surface area contributed by atoms with Gasteiger partial charge < -0.3 is 10.1 Å². The summed E-state index contributed by atoms with van der Waals surface area (Å²) in [6.45, 7) is 12.5. The van der Waals surface area contributed by atoms with Crippen molar-refractivity contribution in [2.24, 2.45) is 0 Å². The van der Waals surface area contributed by atoms with Gasteiger partial charge in [0, 0.05) is 18.2 Å². The third-order valence-corrected chi connectivity index (χ3v) is 4.82. The summed E-state index contributed by atoms with van der Waals surface area (Å²) < 4.78 is 5.71. The number of likely N-dealkylation sites (N-methyl/N-ethyl adjacent to an activating group) is 2. The van der Waals surface area contributed by atoms with E-state index in [0.29, 0.717) is 12.1 Å². The zero-order valence-corrected chi connectivity index (χ0v) is 13.7. The molecule has 19 heavy (non-hydrogen) atoms. The van der Waals surface area contributed by atoms with E-state index in [1.165, 1.54) is 32.1 Å². The van der Waals surface area contributed by atoms with Gasteiger partial charge >= 0.3 is 0 Å². The van der Waals surface area contributed by atoms with Gasteiger partial charge in [0.15, 0.2) is 0 Å². The Morgan fingerprint density at radius 1 is 1.32 bits per heavy atom. The molecule has 0 amide bonds. The van der Waals surface area contributed by atoms with Gasteiger partial charge in [-0.1, -0.05) is 13.8 Å². The Morgan fingerprint density at radius 3 is 2.47 bits per heavy atom. The number of ether oxygens (including phenoxy) is 1. The van der Waals surface area contributed by atoms with E-state index >= 15 is 0 Å². The minimum atomic E-state index is 0.217. The van der Waals surface area contributed by atoms with Crippen LogP contribution in [0.25, 0.3) is 0 Å². The van der Waals surface area contributed by atoms with Gasteiger partial charge in [-0.3, -0.25) is 4.90 Å². The second-order valence-corrected chi connectivity index (χ2v) is 6.23. The molecule has 3 nitrogen and oxygen atoms in total. The van der Waals surface area contributed by atoms with Crippen LogP contribution >= 0.6 is 0 Å². The fourth-order valence-corrected chi connectivity index (χ4v) is 3.53. The number of nitrogens with one attached hydrogen (secondary N) is 1. The zero-order valence-electron chi connectivity index (χ0n) is 13.7. The number of nitrogens with zero attached hydrogens (tertiary/aromatic N) is 1. The third-order valence-electron chi connectivity index (χ3n) is 4.82. The van der Waals surface area contributed by atoms with E-state index in [-0.39, 0.29) is 5.54 Å². The van der Waals surface area contributed by atoms with Crippen LogP contribution in [0.4, 0.5) is 0 Å². The monoisotopic (exact) mass is 270 g/mol. The van der Waals surface area contributed by atoms with Gasteiger partial charge in [0.25, 0.3) is 0 Å². The molecule has 3 heteroatoms. The molecule has 0 saturated carbocycles.